The molecule has 0 N–H and O–H groups in total. The van der Waals surface area contributed by atoms with Crippen molar-refractivity contribution >= 4 is 5.78 Å². The van der Waals surface area contributed by atoms with E-state index in [2.05, 4.69) is 0 Å². The van der Waals surface area contributed by atoms with Crippen molar-refractivity contribution < 1.29 is 9.21 Å². The molecule has 25 heavy (non-hydrogen) atoms. The second-order valence-electron chi connectivity index (χ2n) is 7.19. The highest BCUT2D eigenvalue weighted by atomic mass is 16.4. The Bertz CT molecular complexity index is 786. The maximum atomic E-state index is 12.2. The molecule has 0 bridgehead atoms. The summed E-state index contributed by atoms with van der Waals surface area (Å²) in [6, 6.07) is 20.0. The van der Waals surface area contributed by atoms with Gasteiger partial charge in [-0.25, -0.2) is 4.98 Å². The zero-order chi connectivity index (χ0) is 17.9. The molecule has 0 saturated carbocycles. The molecule has 0 radical (unpaired) electrons. The fourth-order valence-electron chi connectivity index (χ4n) is 2.64. The Hall–Kier alpha value is -2.68. The third-order valence-electron chi connectivity index (χ3n) is 4.16. The van der Waals surface area contributed by atoms with Crippen LogP contribution < -0.4 is 0 Å². The molecule has 0 aliphatic heterocycles. The topological polar surface area (TPSA) is 43.1 Å². The van der Waals surface area contributed by atoms with Gasteiger partial charge in [-0.3, -0.25) is 4.79 Å². The summed E-state index contributed by atoms with van der Waals surface area (Å²) in [7, 11) is 0. The van der Waals surface area contributed by atoms with E-state index in [1.165, 1.54) is 0 Å². The number of aryl methyl sites for hydroxylation is 1. The standard InChI is InChI=1S/C22H23NO2/c1-22(2,3)18(24)14-15-19-23-20(16-10-6-4-7-11-16)21(25-19)17-12-8-5-9-13-17/h4-13H,14-15H2,1-3H3. The summed E-state index contributed by atoms with van der Waals surface area (Å²) in [6.45, 7) is 5.82. The number of aromatic nitrogens is 1. The molecule has 128 valence electrons. The average Bonchev–Trinajstić information content (AvgIpc) is 3.04. The van der Waals surface area contributed by atoms with Gasteiger partial charge in [0.2, 0.25) is 0 Å². The van der Waals surface area contributed by atoms with Crippen molar-refractivity contribution in [3.05, 3.63) is 66.6 Å². The molecule has 3 rings (SSSR count). The van der Waals surface area contributed by atoms with Gasteiger partial charge in [0.25, 0.3) is 0 Å². The minimum atomic E-state index is -0.336. The van der Waals surface area contributed by atoms with Crippen LogP contribution >= 0.6 is 0 Å². The minimum Gasteiger partial charge on any atom is -0.440 e. The number of rotatable bonds is 5. The predicted octanol–water partition coefficient (Wildman–Crippen LogP) is 5.56. The Labute approximate surface area is 148 Å². The molecule has 0 fully saturated rings. The van der Waals surface area contributed by atoms with Crippen LogP contribution in [0.3, 0.4) is 0 Å². The first-order valence-corrected chi connectivity index (χ1v) is 8.59. The first kappa shape index (κ1) is 17.2. The van der Waals surface area contributed by atoms with Crippen LogP contribution in [-0.2, 0) is 11.2 Å². The lowest BCUT2D eigenvalue weighted by molar-refractivity contribution is -0.126. The van der Waals surface area contributed by atoms with Crippen molar-refractivity contribution in [3.63, 3.8) is 0 Å². The van der Waals surface area contributed by atoms with Crippen molar-refractivity contribution in [3.8, 4) is 22.6 Å². The Morgan fingerprint density at radius 3 is 2.04 bits per heavy atom. The van der Waals surface area contributed by atoms with E-state index in [9.17, 15) is 4.79 Å². The number of hydrogen-bond acceptors (Lipinski definition) is 3. The van der Waals surface area contributed by atoms with E-state index in [1.807, 2.05) is 81.4 Å². The van der Waals surface area contributed by atoms with E-state index in [0.717, 1.165) is 22.6 Å². The van der Waals surface area contributed by atoms with Gasteiger partial charge in [0, 0.05) is 29.4 Å². The fourth-order valence-corrected chi connectivity index (χ4v) is 2.64. The Balaban J connectivity index is 1.94. The molecule has 0 unspecified atom stereocenters. The molecule has 1 aromatic heterocycles. The molecular weight excluding hydrogens is 310 g/mol. The number of carbonyl (C=O) groups is 1. The molecule has 2 aromatic carbocycles. The van der Waals surface area contributed by atoms with Gasteiger partial charge in [0.15, 0.2) is 11.7 Å². The van der Waals surface area contributed by atoms with Gasteiger partial charge in [-0.2, -0.15) is 0 Å². The molecule has 0 saturated heterocycles. The quantitative estimate of drug-likeness (QED) is 0.614. The second-order valence-corrected chi connectivity index (χ2v) is 7.19. The van der Waals surface area contributed by atoms with Crippen LogP contribution in [0.1, 0.15) is 33.1 Å². The van der Waals surface area contributed by atoms with Crippen LogP contribution in [0, 0.1) is 5.41 Å². The highest BCUT2D eigenvalue weighted by molar-refractivity contribution is 5.83. The lowest BCUT2D eigenvalue weighted by Crippen LogP contribution is -2.20. The number of ketones is 1. The number of oxazole rings is 1. The fraction of sp³-hybridized carbons (Fsp3) is 0.273. The van der Waals surface area contributed by atoms with E-state index in [1.54, 1.807) is 0 Å². The summed E-state index contributed by atoms with van der Waals surface area (Å²) >= 11 is 0. The first-order valence-electron chi connectivity index (χ1n) is 8.59. The van der Waals surface area contributed by atoms with Crippen LogP contribution in [0.2, 0.25) is 0 Å². The minimum absolute atomic E-state index is 0.216. The summed E-state index contributed by atoms with van der Waals surface area (Å²) in [4.78, 5) is 16.9. The highest BCUT2D eigenvalue weighted by Crippen LogP contribution is 2.33. The van der Waals surface area contributed by atoms with Crippen molar-refractivity contribution in [2.75, 3.05) is 0 Å². The van der Waals surface area contributed by atoms with Crippen molar-refractivity contribution in [2.45, 2.75) is 33.6 Å². The lowest BCUT2D eigenvalue weighted by Gasteiger charge is -2.15. The van der Waals surface area contributed by atoms with Gasteiger partial charge >= 0.3 is 0 Å². The van der Waals surface area contributed by atoms with E-state index < -0.39 is 0 Å². The number of hydrogen-bond donors (Lipinski definition) is 0. The number of carbonyl (C=O) groups excluding carboxylic acids is 1. The predicted molar refractivity (Wildman–Crippen MR) is 100 cm³/mol. The van der Waals surface area contributed by atoms with Gasteiger partial charge in [0.1, 0.15) is 11.5 Å². The molecule has 1 heterocycles. The smallest absolute Gasteiger partial charge is 0.195 e. The van der Waals surface area contributed by atoms with Crippen LogP contribution in [0.5, 0.6) is 0 Å². The number of Topliss-reactive ketones (excluding diaryl/α,β-unsaturated/α-hetero) is 1. The Morgan fingerprint density at radius 1 is 0.920 bits per heavy atom. The van der Waals surface area contributed by atoms with Crippen LogP contribution in [0.4, 0.5) is 0 Å². The molecular formula is C22H23NO2. The van der Waals surface area contributed by atoms with E-state index >= 15 is 0 Å². The molecule has 0 aliphatic carbocycles. The van der Waals surface area contributed by atoms with Crippen LogP contribution in [0.25, 0.3) is 22.6 Å². The summed E-state index contributed by atoms with van der Waals surface area (Å²) in [5, 5.41) is 0. The molecule has 3 heteroatoms. The number of nitrogens with zero attached hydrogens (tertiary/aromatic N) is 1. The summed E-state index contributed by atoms with van der Waals surface area (Å²) in [6.07, 6.45) is 0.954. The lowest BCUT2D eigenvalue weighted by atomic mass is 9.88. The maximum absolute atomic E-state index is 12.2. The average molecular weight is 333 g/mol. The van der Waals surface area contributed by atoms with Gasteiger partial charge < -0.3 is 4.42 Å². The molecule has 0 amide bonds. The van der Waals surface area contributed by atoms with Gasteiger partial charge in [-0.1, -0.05) is 81.4 Å². The maximum Gasteiger partial charge on any atom is 0.195 e. The van der Waals surface area contributed by atoms with Crippen molar-refractivity contribution in [1.29, 1.82) is 0 Å². The molecule has 0 atom stereocenters. The Kier molecular flexibility index (Phi) is 4.84. The molecule has 3 aromatic rings. The summed E-state index contributed by atoms with van der Waals surface area (Å²) < 4.78 is 6.05. The Morgan fingerprint density at radius 2 is 1.48 bits per heavy atom. The van der Waals surface area contributed by atoms with E-state index in [0.29, 0.717) is 18.7 Å². The van der Waals surface area contributed by atoms with Crippen LogP contribution in [-0.4, -0.2) is 10.8 Å². The number of benzene rings is 2. The van der Waals surface area contributed by atoms with E-state index in [-0.39, 0.29) is 11.2 Å². The van der Waals surface area contributed by atoms with Crippen molar-refractivity contribution in [1.82, 2.24) is 4.98 Å². The van der Waals surface area contributed by atoms with E-state index in [4.69, 9.17) is 9.40 Å². The zero-order valence-corrected chi connectivity index (χ0v) is 15.0. The largest absolute Gasteiger partial charge is 0.440 e. The van der Waals surface area contributed by atoms with Gasteiger partial charge in [-0.05, 0) is 0 Å². The third-order valence-corrected chi connectivity index (χ3v) is 4.16. The summed E-state index contributed by atoms with van der Waals surface area (Å²) in [5.74, 6) is 1.58. The van der Waals surface area contributed by atoms with Crippen LogP contribution in [0.15, 0.2) is 65.1 Å². The van der Waals surface area contributed by atoms with Crippen molar-refractivity contribution in [2.24, 2.45) is 5.41 Å². The highest BCUT2D eigenvalue weighted by Gasteiger charge is 2.22. The summed E-state index contributed by atoms with van der Waals surface area (Å²) in [5.41, 5.74) is 2.49. The zero-order valence-electron chi connectivity index (χ0n) is 15.0. The third kappa shape index (κ3) is 4.05. The molecule has 0 spiro atoms. The first-order chi connectivity index (χ1) is 11.9. The molecule has 0 aliphatic rings. The van der Waals surface area contributed by atoms with Gasteiger partial charge in [-0.15, -0.1) is 0 Å². The monoisotopic (exact) mass is 333 g/mol. The SMILES string of the molecule is CC(C)(C)C(=O)CCc1nc(-c2ccccc2)c(-c2ccccc2)o1. The normalized spacial score (nSPS) is 11.5. The van der Waals surface area contributed by atoms with Gasteiger partial charge in [0.05, 0.1) is 0 Å². The second kappa shape index (κ2) is 7.06. The molecule has 3 nitrogen and oxygen atoms in total.